The van der Waals surface area contributed by atoms with Crippen LogP contribution in [0.15, 0.2) is 12.3 Å². The molecule has 0 saturated heterocycles. The van der Waals surface area contributed by atoms with E-state index in [2.05, 4.69) is 5.10 Å². The van der Waals surface area contributed by atoms with Gasteiger partial charge in [-0.05, 0) is 19.0 Å². The van der Waals surface area contributed by atoms with Crippen molar-refractivity contribution in [2.75, 3.05) is 13.1 Å². The average molecular weight is 210 g/mol. The van der Waals surface area contributed by atoms with Gasteiger partial charge in [-0.25, -0.2) is 0 Å². The number of hydrogen-bond acceptors (Lipinski definition) is 4. The van der Waals surface area contributed by atoms with Crippen LogP contribution in [0.4, 0.5) is 0 Å². The molecule has 0 aromatic carbocycles. The van der Waals surface area contributed by atoms with Gasteiger partial charge in [-0.2, -0.15) is 5.10 Å². The second-order valence-electron chi connectivity index (χ2n) is 3.09. The summed E-state index contributed by atoms with van der Waals surface area (Å²) in [6.07, 6.45) is 2.63. The molecule has 1 aromatic heterocycles. The summed E-state index contributed by atoms with van der Waals surface area (Å²) < 4.78 is 1.43. The van der Waals surface area contributed by atoms with E-state index in [4.69, 9.17) is 5.73 Å². The highest BCUT2D eigenvalue weighted by Gasteiger charge is 2.17. The molecule has 1 rings (SSSR count). The van der Waals surface area contributed by atoms with Gasteiger partial charge < -0.3 is 5.73 Å². The Hall–Kier alpha value is -1.69. The second kappa shape index (κ2) is 5.26. The third-order valence-electron chi connectivity index (χ3n) is 2.03. The lowest BCUT2D eigenvalue weighted by atomic mass is 10.3. The van der Waals surface area contributed by atoms with Crippen molar-refractivity contribution in [2.45, 2.75) is 6.42 Å². The monoisotopic (exact) mass is 210 g/mol. The Morgan fingerprint density at radius 1 is 1.73 bits per heavy atom. The smallest absolute Gasteiger partial charge is 0.278 e. The van der Waals surface area contributed by atoms with Gasteiger partial charge in [0.25, 0.3) is 5.91 Å². The minimum atomic E-state index is -0.349. The van der Waals surface area contributed by atoms with Crippen LogP contribution in [0.25, 0.3) is 0 Å². The zero-order valence-corrected chi connectivity index (χ0v) is 8.59. The molecule has 2 N–H and O–H groups in total. The summed E-state index contributed by atoms with van der Waals surface area (Å²) in [4.78, 5) is 23.6. The lowest BCUT2D eigenvalue weighted by Gasteiger charge is -2.14. The normalized spacial score (nSPS) is 10.0. The Labute approximate surface area is 87.7 Å². The molecule has 0 atom stereocenters. The van der Waals surface area contributed by atoms with E-state index < -0.39 is 0 Å². The van der Waals surface area contributed by atoms with Crippen LogP contribution in [0.2, 0.25) is 0 Å². The first-order valence-corrected chi connectivity index (χ1v) is 4.65. The maximum absolute atomic E-state index is 11.8. The Morgan fingerprint density at radius 3 is 2.93 bits per heavy atom. The van der Waals surface area contributed by atoms with E-state index in [1.54, 1.807) is 13.1 Å². The molecule has 0 bridgehead atoms. The molecule has 0 spiro atoms. The van der Waals surface area contributed by atoms with Crippen molar-refractivity contribution >= 4 is 12.3 Å². The van der Waals surface area contributed by atoms with Crippen LogP contribution in [0.3, 0.4) is 0 Å². The highest BCUT2D eigenvalue weighted by molar-refractivity contribution is 5.98. The molecular formula is C9H14N4O2. The number of rotatable bonds is 5. The van der Waals surface area contributed by atoms with Crippen molar-refractivity contribution in [2.24, 2.45) is 12.8 Å². The van der Waals surface area contributed by atoms with Gasteiger partial charge in [-0.3, -0.25) is 19.2 Å². The first-order chi connectivity index (χ1) is 7.20. The van der Waals surface area contributed by atoms with E-state index in [9.17, 15) is 9.59 Å². The zero-order chi connectivity index (χ0) is 11.3. The summed E-state index contributed by atoms with van der Waals surface area (Å²) in [7, 11) is 1.65. The molecule has 82 valence electrons. The van der Waals surface area contributed by atoms with Crippen molar-refractivity contribution in [1.82, 2.24) is 14.7 Å². The molecular weight excluding hydrogens is 196 g/mol. The fourth-order valence-corrected chi connectivity index (χ4v) is 1.19. The predicted molar refractivity (Wildman–Crippen MR) is 54.0 cm³/mol. The van der Waals surface area contributed by atoms with Gasteiger partial charge in [0.05, 0.1) is 0 Å². The fourth-order valence-electron chi connectivity index (χ4n) is 1.19. The van der Waals surface area contributed by atoms with Gasteiger partial charge in [-0.15, -0.1) is 0 Å². The van der Waals surface area contributed by atoms with E-state index in [0.717, 1.165) is 4.90 Å². The molecule has 6 nitrogen and oxygen atoms in total. The Bertz CT molecular complexity index is 348. The van der Waals surface area contributed by atoms with Gasteiger partial charge in [0.1, 0.15) is 5.69 Å². The second-order valence-corrected chi connectivity index (χ2v) is 3.09. The third kappa shape index (κ3) is 2.63. The number of nitrogens with two attached hydrogens (primary N) is 1. The molecule has 1 heterocycles. The molecule has 0 aliphatic carbocycles. The van der Waals surface area contributed by atoms with Gasteiger partial charge in [-0.1, -0.05) is 0 Å². The van der Waals surface area contributed by atoms with Crippen molar-refractivity contribution in [3.05, 3.63) is 18.0 Å². The number of aromatic nitrogens is 2. The van der Waals surface area contributed by atoms with Crippen LogP contribution in [0.1, 0.15) is 16.9 Å². The van der Waals surface area contributed by atoms with E-state index in [0.29, 0.717) is 31.6 Å². The van der Waals surface area contributed by atoms with E-state index >= 15 is 0 Å². The average Bonchev–Trinajstić information content (AvgIpc) is 2.65. The van der Waals surface area contributed by atoms with Crippen LogP contribution < -0.4 is 5.73 Å². The first kappa shape index (κ1) is 11.4. The number of hydrogen-bond donors (Lipinski definition) is 1. The quantitative estimate of drug-likeness (QED) is 0.656. The Balaban J connectivity index is 2.73. The summed E-state index contributed by atoms with van der Waals surface area (Å²) in [5.74, 6) is -0.349. The highest BCUT2D eigenvalue weighted by Crippen LogP contribution is 2.02. The summed E-state index contributed by atoms with van der Waals surface area (Å²) in [5.41, 5.74) is 5.70. The lowest BCUT2D eigenvalue weighted by molar-refractivity contribution is -0.116. The van der Waals surface area contributed by atoms with Gasteiger partial charge in [0, 0.05) is 19.8 Å². The van der Waals surface area contributed by atoms with Crippen molar-refractivity contribution < 1.29 is 9.59 Å². The molecule has 2 amide bonds. The minimum Gasteiger partial charge on any atom is -0.330 e. The number of carbonyl (C=O) groups excluding carboxylic acids is 2. The van der Waals surface area contributed by atoms with Gasteiger partial charge in [0.15, 0.2) is 0 Å². The third-order valence-corrected chi connectivity index (χ3v) is 2.03. The number of carbonyl (C=O) groups is 2. The van der Waals surface area contributed by atoms with Crippen LogP contribution in [0.5, 0.6) is 0 Å². The SMILES string of the molecule is Cn1nccc1C(=O)N(C=O)CCCN. The van der Waals surface area contributed by atoms with Crippen molar-refractivity contribution in [1.29, 1.82) is 0 Å². The maximum Gasteiger partial charge on any atom is 0.278 e. The fraction of sp³-hybridized carbons (Fsp3) is 0.444. The molecule has 0 saturated carbocycles. The van der Waals surface area contributed by atoms with Crippen molar-refractivity contribution in [3.8, 4) is 0 Å². The zero-order valence-electron chi connectivity index (χ0n) is 8.59. The molecule has 15 heavy (non-hydrogen) atoms. The van der Waals surface area contributed by atoms with Crippen molar-refractivity contribution in [3.63, 3.8) is 0 Å². The number of imide groups is 1. The molecule has 0 aliphatic rings. The highest BCUT2D eigenvalue weighted by atomic mass is 16.2. The summed E-state index contributed by atoms with van der Waals surface area (Å²) in [6, 6.07) is 1.57. The maximum atomic E-state index is 11.8. The Morgan fingerprint density at radius 2 is 2.47 bits per heavy atom. The largest absolute Gasteiger partial charge is 0.330 e. The summed E-state index contributed by atoms with van der Waals surface area (Å²) >= 11 is 0. The summed E-state index contributed by atoms with van der Waals surface area (Å²) in [6.45, 7) is 0.785. The van der Waals surface area contributed by atoms with Crippen LogP contribution in [0, 0.1) is 0 Å². The number of nitrogens with zero attached hydrogens (tertiary/aromatic N) is 3. The molecule has 0 fully saturated rings. The summed E-state index contributed by atoms with van der Waals surface area (Å²) in [5, 5.41) is 3.86. The van der Waals surface area contributed by atoms with Crippen LogP contribution in [-0.4, -0.2) is 40.1 Å². The minimum absolute atomic E-state index is 0.337. The van der Waals surface area contributed by atoms with Crippen LogP contribution in [-0.2, 0) is 11.8 Å². The number of aryl methyl sites for hydroxylation is 1. The lowest BCUT2D eigenvalue weighted by Crippen LogP contribution is -2.32. The molecule has 0 aliphatic heterocycles. The predicted octanol–water partition coefficient (Wildman–Crippen LogP) is -0.632. The van der Waals surface area contributed by atoms with E-state index in [1.807, 2.05) is 0 Å². The standard InChI is InChI=1S/C9H14N4O2/c1-12-8(3-5-11-12)9(15)13(7-14)6-2-4-10/h3,5,7H,2,4,6,10H2,1H3. The molecule has 0 unspecified atom stereocenters. The molecule has 0 radical (unpaired) electrons. The number of amides is 2. The van der Waals surface area contributed by atoms with E-state index in [1.165, 1.54) is 10.9 Å². The van der Waals surface area contributed by atoms with E-state index in [-0.39, 0.29) is 5.91 Å². The Kier molecular flexibility index (Phi) is 3.99. The van der Waals surface area contributed by atoms with Crippen LogP contribution >= 0.6 is 0 Å². The molecule has 6 heteroatoms. The van der Waals surface area contributed by atoms with Gasteiger partial charge in [0.2, 0.25) is 6.41 Å². The first-order valence-electron chi connectivity index (χ1n) is 4.65. The topological polar surface area (TPSA) is 81.2 Å². The van der Waals surface area contributed by atoms with Gasteiger partial charge >= 0.3 is 0 Å². The molecule has 1 aromatic rings.